The fraction of sp³-hybridized carbons (Fsp3) is 0.333. The van der Waals surface area contributed by atoms with Crippen LogP contribution in [0.1, 0.15) is 17.9 Å². The first-order chi connectivity index (χ1) is 8.11. The Morgan fingerprint density at radius 2 is 2.00 bits per heavy atom. The summed E-state index contributed by atoms with van der Waals surface area (Å²) in [5, 5.41) is 8.90. The van der Waals surface area contributed by atoms with Gasteiger partial charge in [-0.05, 0) is 5.56 Å². The van der Waals surface area contributed by atoms with Crippen LogP contribution in [-0.2, 0) is 9.59 Å². The van der Waals surface area contributed by atoms with E-state index in [1.54, 1.807) is 0 Å². The van der Waals surface area contributed by atoms with Crippen LogP contribution in [0.3, 0.4) is 0 Å². The van der Waals surface area contributed by atoms with E-state index in [1.807, 2.05) is 30.3 Å². The van der Waals surface area contributed by atoms with Crippen molar-refractivity contribution in [3.63, 3.8) is 0 Å². The molecule has 90 valence electrons. The molecule has 1 aromatic carbocycles. The van der Waals surface area contributed by atoms with E-state index in [0.29, 0.717) is 5.75 Å². The molecule has 17 heavy (non-hydrogen) atoms. The summed E-state index contributed by atoms with van der Waals surface area (Å²) in [5.41, 5.74) is 0.969. The number of aliphatic carboxylic acids is 1. The van der Waals surface area contributed by atoms with Crippen LogP contribution in [0.4, 0.5) is 0 Å². The van der Waals surface area contributed by atoms with Gasteiger partial charge in [0, 0.05) is 12.7 Å². The molecule has 2 rings (SSSR count). The van der Waals surface area contributed by atoms with Crippen LogP contribution in [0.25, 0.3) is 0 Å². The highest BCUT2D eigenvalue weighted by Crippen LogP contribution is 2.41. The number of carbonyl (C=O) groups is 2. The average Bonchev–Trinajstić information content (AvgIpc) is 2.74. The number of hydrogen-bond donors (Lipinski definition) is 1. The summed E-state index contributed by atoms with van der Waals surface area (Å²) in [5.74, 6) is -0.698. The van der Waals surface area contributed by atoms with E-state index in [4.69, 9.17) is 5.11 Å². The topological polar surface area (TPSA) is 57.6 Å². The fourth-order valence-electron chi connectivity index (χ4n) is 1.96. The predicted octanol–water partition coefficient (Wildman–Crippen LogP) is 1.73. The standard InChI is InChI=1S/C12H13NO3S/c1-8(14)13-10(12(15)16)7-17-11(13)9-5-3-2-4-6-9/h2-6,10-11H,7H2,1H3,(H,15,16). The van der Waals surface area contributed by atoms with E-state index in [1.165, 1.54) is 23.6 Å². The van der Waals surface area contributed by atoms with Crippen LogP contribution in [0.5, 0.6) is 0 Å². The molecular weight excluding hydrogens is 238 g/mol. The van der Waals surface area contributed by atoms with Gasteiger partial charge < -0.3 is 10.0 Å². The van der Waals surface area contributed by atoms with Gasteiger partial charge in [-0.2, -0.15) is 0 Å². The van der Waals surface area contributed by atoms with Crippen LogP contribution < -0.4 is 0 Å². The van der Waals surface area contributed by atoms with Crippen molar-refractivity contribution in [2.24, 2.45) is 0 Å². The van der Waals surface area contributed by atoms with Crippen molar-refractivity contribution >= 4 is 23.6 Å². The number of carbonyl (C=O) groups excluding carboxylic acids is 1. The lowest BCUT2D eigenvalue weighted by Crippen LogP contribution is -2.41. The molecule has 0 saturated carbocycles. The summed E-state index contributed by atoms with van der Waals surface area (Å²) in [6.45, 7) is 1.41. The number of rotatable bonds is 2. The highest BCUT2D eigenvalue weighted by Gasteiger charge is 2.40. The number of benzene rings is 1. The lowest BCUT2D eigenvalue weighted by molar-refractivity contribution is -0.148. The summed E-state index contributed by atoms with van der Waals surface area (Å²) in [4.78, 5) is 24.1. The van der Waals surface area contributed by atoms with Gasteiger partial charge in [0.1, 0.15) is 11.4 Å². The molecule has 1 N–H and O–H groups in total. The van der Waals surface area contributed by atoms with E-state index in [2.05, 4.69) is 0 Å². The van der Waals surface area contributed by atoms with E-state index >= 15 is 0 Å². The molecule has 0 spiro atoms. The third kappa shape index (κ3) is 2.29. The van der Waals surface area contributed by atoms with Gasteiger partial charge in [-0.25, -0.2) is 4.79 Å². The predicted molar refractivity (Wildman–Crippen MR) is 65.6 cm³/mol. The largest absolute Gasteiger partial charge is 0.480 e. The SMILES string of the molecule is CC(=O)N1C(C(=O)O)CSC1c1ccccc1. The lowest BCUT2D eigenvalue weighted by Gasteiger charge is -2.26. The molecule has 1 fully saturated rings. The van der Waals surface area contributed by atoms with Crippen molar-refractivity contribution in [2.75, 3.05) is 5.75 Å². The van der Waals surface area contributed by atoms with Gasteiger partial charge >= 0.3 is 5.97 Å². The molecular formula is C12H13NO3S. The second-order valence-corrected chi connectivity index (χ2v) is 4.99. The van der Waals surface area contributed by atoms with Gasteiger partial charge in [0.15, 0.2) is 0 Å². The van der Waals surface area contributed by atoms with Crippen LogP contribution in [-0.4, -0.2) is 33.7 Å². The number of hydrogen-bond acceptors (Lipinski definition) is 3. The maximum absolute atomic E-state index is 11.6. The van der Waals surface area contributed by atoms with Crippen molar-refractivity contribution in [3.05, 3.63) is 35.9 Å². The first-order valence-corrected chi connectivity index (χ1v) is 6.34. The smallest absolute Gasteiger partial charge is 0.327 e. The van der Waals surface area contributed by atoms with Crippen LogP contribution in [0.15, 0.2) is 30.3 Å². The summed E-state index contributed by atoms with van der Waals surface area (Å²) < 4.78 is 0. The second kappa shape index (κ2) is 4.79. The summed E-state index contributed by atoms with van der Waals surface area (Å²) in [6.07, 6.45) is 0. The summed E-state index contributed by atoms with van der Waals surface area (Å²) in [6, 6.07) is 8.79. The molecule has 0 aliphatic carbocycles. The maximum Gasteiger partial charge on any atom is 0.327 e. The molecule has 5 heteroatoms. The minimum absolute atomic E-state index is 0.185. The van der Waals surface area contributed by atoms with Gasteiger partial charge in [-0.1, -0.05) is 30.3 Å². The average molecular weight is 251 g/mol. The molecule has 2 atom stereocenters. The molecule has 0 bridgehead atoms. The second-order valence-electron chi connectivity index (χ2n) is 3.88. The minimum atomic E-state index is -0.939. The van der Waals surface area contributed by atoms with Crippen molar-refractivity contribution in [3.8, 4) is 0 Å². The Kier molecular flexibility index (Phi) is 3.38. The fourth-order valence-corrected chi connectivity index (χ4v) is 3.43. The normalized spacial score (nSPS) is 23.7. The van der Waals surface area contributed by atoms with Crippen LogP contribution in [0.2, 0.25) is 0 Å². The van der Waals surface area contributed by atoms with E-state index in [0.717, 1.165) is 5.56 Å². The van der Waals surface area contributed by atoms with Gasteiger partial charge in [-0.3, -0.25) is 4.79 Å². The Morgan fingerprint density at radius 3 is 2.53 bits per heavy atom. The maximum atomic E-state index is 11.6. The zero-order valence-corrected chi connectivity index (χ0v) is 10.2. The Hall–Kier alpha value is -1.49. The van der Waals surface area contributed by atoms with Gasteiger partial charge in [-0.15, -0.1) is 11.8 Å². The zero-order chi connectivity index (χ0) is 12.4. The van der Waals surface area contributed by atoms with Crippen LogP contribution in [0, 0.1) is 0 Å². The van der Waals surface area contributed by atoms with Crippen molar-refractivity contribution in [2.45, 2.75) is 18.3 Å². The number of thioether (sulfide) groups is 1. The lowest BCUT2D eigenvalue weighted by atomic mass is 10.2. The van der Waals surface area contributed by atoms with Gasteiger partial charge in [0.2, 0.25) is 5.91 Å². The molecule has 1 heterocycles. The Labute approximate surface area is 104 Å². The molecule has 1 amide bonds. The van der Waals surface area contributed by atoms with Gasteiger partial charge in [0.25, 0.3) is 0 Å². The molecule has 1 saturated heterocycles. The molecule has 1 aromatic rings. The molecule has 1 aliphatic heterocycles. The molecule has 0 radical (unpaired) electrons. The van der Waals surface area contributed by atoms with Crippen LogP contribution >= 0.6 is 11.8 Å². The Bertz CT molecular complexity index is 435. The van der Waals surface area contributed by atoms with E-state index in [-0.39, 0.29) is 11.3 Å². The number of nitrogens with zero attached hydrogens (tertiary/aromatic N) is 1. The van der Waals surface area contributed by atoms with Gasteiger partial charge in [0.05, 0.1) is 0 Å². The van der Waals surface area contributed by atoms with Crippen molar-refractivity contribution in [1.82, 2.24) is 4.90 Å². The quantitative estimate of drug-likeness (QED) is 0.869. The molecule has 2 unspecified atom stereocenters. The zero-order valence-electron chi connectivity index (χ0n) is 9.37. The molecule has 4 nitrogen and oxygen atoms in total. The molecule has 1 aliphatic rings. The summed E-state index contributed by atoms with van der Waals surface area (Å²) in [7, 11) is 0. The Balaban J connectivity index is 2.30. The first kappa shape index (κ1) is 12.0. The Morgan fingerprint density at radius 1 is 1.35 bits per heavy atom. The van der Waals surface area contributed by atoms with E-state index in [9.17, 15) is 9.59 Å². The first-order valence-electron chi connectivity index (χ1n) is 5.29. The highest BCUT2D eigenvalue weighted by atomic mass is 32.2. The third-order valence-electron chi connectivity index (χ3n) is 2.73. The molecule has 0 aromatic heterocycles. The summed E-state index contributed by atoms with van der Waals surface area (Å²) >= 11 is 1.49. The number of carboxylic acids is 1. The highest BCUT2D eigenvalue weighted by molar-refractivity contribution is 7.99. The van der Waals surface area contributed by atoms with E-state index < -0.39 is 12.0 Å². The third-order valence-corrected chi connectivity index (χ3v) is 4.06. The minimum Gasteiger partial charge on any atom is -0.480 e. The van der Waals surface area contributed by atoms with Crippen molar-refractivity contribution in [1.29, 1.82) is 0 Å². The number of amides is 1. The van der Waals surface area contributed by atoms with Crippen molar-refractivity contribution < 1.29 is 14.7 Å². The number of carboxylic acid groups (broad SMARTS) is 1. The monoisotopic (exact) mass is 251 g/mol.